The van der Waals surface area contributed by atoms with Crippen molar-refractivity contribution >= 4 is 39.4 Å². The molecule has 3 rings (SSSR count). The molecule has 6 nitrogen and oxygen atoms in total. The maximum atomic E-state index is 12.5. The number of thiocarbonyl (C=S) groups is 1. The second kappa shape index (κ2) is 9.31. The van der Waals surface area contributed by atoms with Crippen molar-refractivity contribution in [2.24, 2.45) is 5.10 Å². The van der Waals surface area contributed by atoms with Crippen LogP contribution < -0.4 is 14.9 Å². The molecule has 0 saturated carbocycles. The van der Waals surface area contributed by atoms with E-state index in [-0.39, 0.29) is 10.6 Å². The van der Waals surface area contributed by atoms with Gasteiger partial charge in [-0.25, -0.2) is 0 Å². The maximum absolute atomic E-state index is 12.5. The Morgan fingerprint density at radius 3 is 2.34 bits per heavy atom. The van der Waals surface area contributed by atoms with Crippen molar-refractivity contribution in [1.29, 1.82) is 0 Å². The van der Waals surface area contributed by atoms with Gasteiger partial charge in [0.1, 0.15) is 4.90 Å². The zero-order chi connectivity index (χ0) is 20.7. The molecule has 0 heterocycles. The molecule has 0 unspecified atom stereocenters. The lowest BCUT2D eigenvalue weighted by Crippen LogP contribution is -2.23. The summed E-state index contributed by atoms with van der Waals surface area (Å²) in [5.74, 6) is 0.167. The number of nitrogens with zero attached hydrogens (tertiary/aromatic N) is 1. The van der Waals surface area contributed by atoms with Crippen molar-refractivity contribution in [2.45, 2.75) is 11.8 Å². The van der Waals surface area contributed by atoms with E-state index in [0.717, 1.165) is 11.3 Å². The molecule has 0 amide bonds. The molecule has 0 aliphatic carbocycles. The first-order valence-electron chi connectivity index (χ1n) is 8.69. The number of hydrogen-bond acceptors (Lipinski definition) is 5. The highest BCUT2D eigenvalue weighted by Gasteiger charge is 2.17. The Morgan fingerprint density at radius 1 is 0.966 bits per heavy atom. The Morgan fingerprint density at radius 2 is 1.62 bits per heavy atom. The number of para-hydroxylation sites is 2. The van der Waals surface area contributed by atoms with Gasteiger partial charge in [0, 0.05) is 11.3 Å². The highest BCUT2D eigenvalue weighted by atomic mass is 32.2. The van der Waals surface area contributed by atoms with Gasteiger partial charge in [-0.15, -0.1) is 0 Å². The molecule has 29 heavy (non-hydrogen) atoms. The fourth-order valence-corrected chi connectivity index (χ4v) is 3.50. The van der Waals surface area contributed by atoms with Gasteiger partial charge >= 0.3 is 10.1 Å². The number of rotatable bonds is 6. The van der Waals surface area contributed by atoms with Crippen LogP contribution >= 0.6 is 12.2 Å². The van der Waals surface area contributed by atoms with Crippen molar-refractivity contribution in [3.05, 3.63) is 90.0 Å². The van der Waals surface area contributed by atoms with Crippen LogP contribution in [0.25, 0.3) is 0 Å². The van der Waals surface area contributed by atoms with Crippen LogP contribution in [0.1, 0.15) is 11.1 Å². The average Bonchev–Trinajstić information content (AvgIpc) is 2.70. The van der Waals surface area contributed by atoms with Gasteiger partial charge < -0.3 is 9.50 Å². The number of benzene rings is 3. The summed E-state index contributed by atoms with van der Waals surface area (Å²) < 4.78 is 30.4. The van der Waals surface area contributed by atoms with Gasteiger partial charge in [0.25, 0.3) is 0 Å². The van der Waals surface area contributed by atoms with Crippen LogP contribution in [0, 0.1) is 6.92 Å². The highest BCUT2D eigenvalue weighted by Crippen LogP contribution is 2.22. The number of anilines is 1. The minimum absolute atomic E-state index is 0.0844. The normalized spacial score (nSPS) is 11.2. The summed E-state index contributed by atoms with van der Waals surface area (Å²) in [6.07, 6.45) is 1.44. The van der Waals surface area contributed by atoms with Crippen LogP contribution in [0.15, 0.2) is 88.9 Å². The van der Waals surface area contributed by atoms with E-state index < -0.39 is 10.1 Å². The Bertz CT molecular complexity index is 1110. The third-order valence-corrected chi connectivity index (χ3v) is 5.27. The van der Waals surface area contributed by atoms with Gasteiger partial charge in [-0.3, -0.25) is 5.43 Å². The quantitative estimate of drug-likeness (QED) is 0.268. The zero-order valence-corrected chi connectivity index (χ0v) is 17.2. The van der Waals surface area contributed by atoms with E-state index in [1.54, 1.807) is 36.4 Å². The highest BCUT2D eigenvalue weighted by molar-refractivity contribution is 7.87. The number of hydrazone groups is 1. The van der Waals surface area contributed by atoms with Crippen LogP contribution in [0.4, 0.5) is 5.69 Å². The van der Waals surface area contributed by atoms with E-state index in [4.69, 9.17) is 16.4 Å². The minimum Gasteiger partial charge on any atom is -0.378 e. The number of hydrogen-bond donors (Lipinski definition) is 2. The Balaban J connectivity index is 1.69. The predicted octanol–water partition coefficient (Wildman–Crippen LogP) is 4.08. The van der Waals surface area contributed by atoms with E-state index in [0.29, 0.717) is 10.7 Å². The van der Waals surface area contributed by atoms with Gasteiger partial charge in [0.2, 0.25) is 0 Å². The van der Waals surface area contributed by atoms with E-state index in [9.17, 15) is 8.42 Å². The first-order chi connectivity index (χ1) is 13.9. The largest absolute Gasteiger partial charge is 0.378 e. The summed E-state index contributed by atoms with van der Waals surface area (Å²) in [6, 6.07) is 22.6. The molecule has 148 valence electrons. The minimum atomic E-state index is -3.95. The summed E-state index contributed by atoms with van der Waals surface area (Å²) >= 11 is 5.18. The summed E-state index contributed by atoms with van der Waals surface area (Å²) in [4.78, 5) is 0.0844. The molecule has 0 aliphatic rings. The molecular formula is C21H19N3O3S2. The molecular weight excluding hydrogens is 406 g/mol. The fraction of sp³-hybridized carbons (Fsp3) is 0.0476. The SMILES string of the molecule is Cc1ccc(S(=O)(=O)Oc2ccccc2C=NNC(=S)Nc2ccccc2)cc1. The monoisotopic (exact) mass is 425 g/mol. The molecule has 0 saturated heterocycles. The van der Waals surface area contributed by atoms with Crippen LogP contribution in [0.2, 0.25) is 0 Å². The molecule has 0 fully saturated rings. The molecule has 0 aliphatic heterocycles. The van der Waals surface area contributed by atoms with E-state index in [1.165, 1.54) is 18.3 Å². The van der Waals surface area contributed by atoms with E-state index in [2.05, 4.69) is 15.8 Å². The van der Waals surface area contributed by atoms with Gasteiger partial charge in [-0.05, 0) is 55.5 Å². The topological polar surface area (TPSA) is 79.8 Å². The molecule has 0 aromatic heterocycles. The van der Waals surface area contributed by atoms with Crippen molar-refractivity contribution < 1.29 is 12.6 Å². The van der Waals surface area contributed by atoms with Crippen LogP contribution in [0.3, 0.4) is 0 Å². The average molecular weight is 426 g/mol. The molecule has 0 radical (unpaired) electrons. The summed E-state index contributed by atoms with van der Waals surface area (Å²) in [5.41, 5.74) is 4.96. The van der Waals surface area contributed by atoms with Gasteiger partial charge in [-0.2, -0.15) is 13.5 Å². The standard InChI is InChI=1S/C21H19N3O3S2/c1-16-11-13-19(14-12-16)29(25,26)27-20-10-6-5-7-17(20)15-22-24-21(28)23-18-8-3-2-4-9-18/h2-15H,1H3,(H2,23,24,28). The second-order valence-electron chi connectivity index (χ2n) is 6.08. The van der Waals surface area contributed by atoms with E-state index in [1.807, 2.05) is 37.3 Å². The molecule has 0 bridgehead atoms. The van der Waals surface area contributed by atoms with Crippen LogP contribution in [-0.2, 0) is 10.1 Å². The summed E-state index contributed by atoms with van der Waals surface area (Å²) in [6.45, 7) is 1.88. The molecule has 2 N–H and O–H groups in total. The lowest BCUT2D eigenvalue weighted by Gasteiger charge is -2.10. The molecule has 3 aromatic rings. The molecule has 3 aromatic carbocycles. The molecule has 0 spiro atoms. The first-order valence-corrected chi connectivity index (χ1v) is 10.5. The van der Waals surface area contributed by atoms with E-state index >= 15 is 0 Å². The fourth-order valence-electron chi connectivity index (χ4n) is 2.38. The predicted molar refractivity (Wildman–Crippen MR) is 119 cm³/mol. The van der Waals surface area contributed by atoms with Crippen molar-refractivity contribution in [3.8, 4) is 5.75 Å². The third-order valence-electron chi connectivity index (χ3n) is 3.83. The summed E-state index contributed by atoms with van der Waals surface area (Å²) in [5, 5.41) is 7.35. The number of nitrogens with one attached hydrogen (secondary N) is 2. The third kappa shape index (κ3) is 5.87. The lowest BCUT2D eigenvalue weighted by atomic mass is 10.2. The number of aryl methyl sites for hydroxylation is 1. The van der Waals surface area contributed by atoms with Gasteiger partial charge in [0.15, 0.2) is 10.9 Å². The lowest BCUT2D eigenvalue weighted by molar-refractivity contribution is 0.485. The van der Waals surface area contributed by atoms with Crippen molar-refractivity contribution in [3.63, 3.8) is 0 Å². The summed E-state index contributed by atoms with van der Waals surface area (Å²) in [7, 11) is -3.95. The Hall–Kier alpha value is -3.23. The Labute approximate surface area is 175 Å². The first kappa shape index (κ1) is 20.5. The molecule has 0 atom stereocenters. The van der Waals surface area contributed by atoms with Crippen LogP contribution in [0.5, 0.6) is 5.75 Å². The second-order valence-corrected chi connectivity index (χ2v) is 8.03. The smallest absolute Gasteiger partial charge is 0.339 e. The van der Waals surface area contributed by atoms with Gasteiger partial charge in [0.05, 0.1) is 6.21 Å². The Kier molecular flexibility index (Phi) is 6.58. The zero-order valence-electron chi connectivity index (χ0n) is 15.6. The van der Waals surface area contributed by atoms with Crippen molar-refractivity contribution in [2.75, 3.05) is 5.32 Å². The van der Waals surface area contributed by atoms with Gasteiger partial charge in [-0.1, -0.05) is 48.0 Å². The maximum Gasteiger partial charge on any atom is 0.339 e. The molecule has 8 heteroatoms. The van der Waals surface area contributed by atoms with Crippen molar-refractivity contribution in [1.82, 2.24) is 5.43 Å². The van der Waals surface area contributed by atoms with Crippen LogP contribution in [-0.4, -0.2) is 19.7 Å².